The summed E-state index contributed by atoms with van der Waals surface area (Å²) < 4.78 is 27.7. The number of H-pyrrole nitrogens is 1. The van der Waals surface area contributed by atoms with Gasteiger partial charge >= 0.3 is 0 Å². The van der Waals surface area contributed by atoms with E-state index < -0.39 is 10.0 Å². The molecule has 2 atom stereocenters. The Bertz CT molecular complexity index is 584. The number of hydrogen-bond acceptors (Lipinski definition) is 4. The van der Waals surface area contributed by atoms with Crippen LogP contribution in [0.4, 0.5) is 0 Å². The first kappa shape index (κ1) is 15.0. The van der Waals surface area contributed by atoms with E-state index in [1.807, 2.05) is 6.92 Å². The summed E-state index contributed by atoms with van der Waals surface area (Å²) >= 11 is 0. The van der Waals surface area contributed by atoms with Gasteiger partial charge in [0.15, 0.2) is 5.03 Å². The van der Waals surface area contributed by atoms with Crippen molar-refractivity contribution in [1.29, 1.82) is 0 Å². The summed E-state index contributed by atoms with van der Waals surface area (Å²) in [6.45, 7) is 1.95. The quantitative estimate of drug-likeness (QED) is 0.877. The lowest BCUT2D eigenvalue weighted by molar-refractivity contribution is 0.0536. The number of rotatable bonds is 4. The van der Waals surface area contributed by atoms with Crippen molar-refractivity contribution in [2.24, 2.45) is 0 Å². The van der Waals surface area contributed by atoms with Crippen LogP contribution in [0.3, 0.4) is 0 Å². The number of hydrogen-bond donors (Lipinski definition) is 2. The minimum absolute atomic E-state index is 0.0369. The van der Waals surface area contributed by atoms with Crippen LogP contribution in [0.15, 0.2) is 11.2 Å². The monoisotopic (exact) mass is 312 g/mol. The van der Waals surface area contributed by atoms with Crippen LogP contribution in [0.2, 0.25) is 0 Å². The first-order chi connectivity index (χ1) is 9.99. The van der Waals surface area contributed by atoms with Gasteiger partial charge in [0.05, 0.1) is 6.20 Å². The second-order valence-electron chi connectivity index (χ2n) is 6.24. The van der Waals surface area contributed by atoms with E-state index in [1.54, 1.807) is 0 Å². The molecule has 2 N–H and O–H groups in total. The van der Waals surface area contributed by atoms with E-state index in [9.17, 15) is 8.42 Å². The van der Waals surface area contributed by atoms with Gasteiger partial charge in [-0.15, -0.1) is 0 Å². The predicted molar refractivity (Wildman–Crippen MR) is 80.5 cm³/mol. The van der Waals surface area contributed by atoms with Crippen molar-refractivity contribution in [1.82, 2.24) is 19.6 Å². The molecular formula is C14H24N4O2S. The summed E-state index contributed by atoms with van der Waals surface area (Å²) in [5.41, 5.74) is 0. The Morgan fingerprint density at radius 1 is 1.38 bits per heavy atom. The molecule has 3 rings (SSSR count). The molecular weight excluding hydrogens is 288 g/mol. The average molecular weight is 312 g/mol. The van der Waals surface area contributed by atoms with Crippen molar-refractivity contribution in [3.63, 3.8) is 0 Å². The number of nitrogens with zero attached hydrogens (tertiary/aromatic N) is 2. The van der Waals surface area contributed by atoms with Crippen LogP contribution < -0.4 is 4.72 Å². The molecule has 118 valence electrons. The van der Waals surface area contributed by atoms with Crippen LogP contribution in [-0.2, 0) is 16.4 Å². The van der Waals surface area contributed by atoms with Crippen LogP contribution >= 0.6 is 0 Å². The number of nitrogens with one attached hydrogen (secondary N) is 2. The molecule has 2 unspecified atom stereocenters. The molecule has 6 nitrogen and oxygen atoms in total. The van der Waals surface area contributed by atoms with Crippen molar-refractivity contribution in [3.05, 3.63) is 12.0 Å². The van der Waals surface area contributed by atoms with Crippen LogP contribution in [0.25, 0.3) is 0 Å². The maximum Gasteiger partial charge on any atom is 0.257 e. The van der Waals surface area contributed by atoms with Crippen molar-refractivity contribution in [3.8, 4) is 0 Å². The molecule has 2 aliphatic rings. The molecule has 2 aliphatic heterocycles. The summed E-state index contributed by atoms with van der Waals surface area (Å²) in [5.74, 6) is 0.704. The number of imidazole rings is 1. The third-order valence-electron chi connectivity index (χ3n) is 4.89. The molecule has 0 spiro atoms. The highest BCUT2D eigenvalue weighted by atomic mass is 32.2. The standard InChI is InChI=1S/C14H24N4O2S/c1-3-13-15-9-14(16-13)21(19,20)17-10-7-11-5-4-6-12(8-10)18(11)2/h9-12,17H,3-8H2,1-2H3,(H,15,16). The Labute approximate surface area is 126 Å². The van der Waals surface area contributed by atoms with Crippen LogP contribution in [0, 0.1) is 0 Å². The van der Waals surface area contributed by atoms with Crippen LogP contribution in [-0.4, -0.2) is 48.5 Å². The van der Waals surface area contributed by atoms with E-state index in [2.05, 4.69) is 26.6 Å². The van der Waals surface area contributed by atoms with E-state index in [-0.39, 0.29) is 11.1 Å². The SMILES string of the molecule is CCc1ncc(S(=O)(=O)NC2CC3CCCC(C2)N3C)[nH]1. The molecule has 7 heteroatoms. The summed E-state index contributed by atoms with van der Waals surface area (Å²) in [5, 5.41) is 0.184. The molecule has 2 bridgehead atoms. The fraction of sp³-hybridized carbons (Fsp3) is 0.786. The Kier molecular flexibility index (Phi) is 4.07. The van der Waals surface area contributed by atoms with Gasteiger partial charge in [-0.1, -0.05) is 13.3 Å². The van der Waals surface area contributed by atoms with E-state index in [1.165, 1.54) is 25.5 Å². The van der Waals surface area contributed by atoms with E-state index in [0.717, 1.165) is 12.8 Å². The van der Waals surface area contributed by atoms with Gasteiger partial charge in [0, 0.05) is 24.5 Å². The van der Waals surface area contributed by atoms with Crippen molar-refractivity contribution in [2.45, 2.75) is 68.6 Å². The smallest absolute Gasteiger partial charge is 0.257 e. The van der Waals surface area contributed by atoms with E-state index in [0.29, 0.717) is 24.3 Å². The molecule has 0 amide bonds. The molecule has 2 saturated heterocycles. The van der Waals surface area contributed by atoms with Gasteiger partial charge in [-0.2, -0.15) is 0 Å². The van der Waals surface area contributed by atoms with Crippen molar-refractivity contribution in [2.75, 3.05) is 7.05 Å². The topological polar surface area (TPSA) is 78.1 Å². The lowest BCUT2D eigenvalue weighted by atomic mass is 9.83. The number of aromatic nitrogens is 2. The van der Waals surface area contributed by atoms with E-state index >= 15 is 0 Å². The van der Waals surface area contributed by atoms with Gasteiger partial charge < -0.3 is 9.88 Å². The lowest BCUT2D eigenvalue weighted by Crippen LogP contribution is -2.55. The molecule has 2 fully saturated rings. The minimum atomic E-state index is -3.48. The number of piperidine rings is 2. The first-order valence-electron chi connectivity index (χ1n) is 7.77. The second-order valence-corrected chi connectivity index (χ2v) is 7.92. The zero-order chi connectivity index (χ0) is 15.0. The molecule has 3 heterocycles. The zero-order valence-corrected chi connectivity index (χ0v) is 13.5. The summed E-state index contributed by atoms with van der Waals surface area (Å²) in [6, 6.07) is 1.06. The van der Waals surface area contributed by atoms with Gasteiger partial charge in [0.25, 0.3) is 10.0 Å². The number of aromatic amines is 1. The highest BCUT2D eigenvalue weighted by Gasteiger charge is 2.37. The Hall–Kier alpha value is -0.920. The Morgan fingerprint density at radius 3 is 2.62 bits per heavy atom. The van der Waals surface area contributed by atoms with Gasteiger partial charge in [0.1, 0.15) is 5.82 Å². The first-order valence-corrected chi connectivity index (χ1v) is 9.26. The molecule has 0 radical (unpaired) electrons. The summed E-state index contributed by atoms with van der Waals surface area (Å²) in [7, 11) is -1.32. The molecule has 1 aromatic rings. The average Bonchev–Trinajstić information content (AvgIpc) is 2.89. The minimum Gasteiger partial charge on any atom is -0.332 e. The molecule has 1 aromatic heterocycles. The van der Waals surface area contributed by atoms with Gasteiger partial charge in [-0.05, 0) is 32.7 Å². The third-order valence-corrected chi connectivity index (χ3v) is 6.32. The predicted octanol–water partition coefficient (Wildman–Crippen LogP) is 1.27. The van der Waals surface area contributed by atoms with Crippen molar-refractivity contribution >= 4 is 10.0 Å². The normalized spacial score (nSPS) is 30.5. The maximum absolute atomic E-state index is 12.4. The van der Waals surface area contributed by atoms with Gasteiger partial charge in [-0.25, -0.2) is 18.1 Å². The number of sulfonamides is 1. The second kappa shape index (κ2) is 5.70. The summed E-state index contributed by atoms with van der Waals surface area (Å²) in [4.78, 5) is 9.39. The molecule has 0 saturated carbocycles. The van der Waals surface area contributed by atoms with E-state index in [4.69, 9.17) is 0 Å². The molecule has 0 aromatic carbocycles. The van der Waals surface area contributed by atoms with Crippen LogP contribution in [0.1, 0.15) is 44.9 Å². The number of fused-ring (bicyclic) bond motifs is 2. The highest BCUT2D eigenvalue weighted by Crippen LogP contribution is 2.33. The van der Waals surface area contributed by atoms with Gasteiger partial charge in [-0.3, -0.25) is 0 Å². The van der Waals surface area contributed by atoms with Gasteiger partial charge in [0.2, 0.25) is 0 Å². The highest BCUT2D eigenvalue weighted by molar-refractivity contribution is 7.89. The fourth-order valence-corrected chi connectivity index (χ4v) is 4.86. The fourth-order valence-electron chi connectivity index (χ4n) is 3.65. The van der Waals surface area contributed by atoms with Crippen LogP contribution in [0.5, 0.6) is 0 Å². The van der Waals surface area contributed by atoms with Crippen molar-refractivity contribution < 1.29 is 8.42 Å². The third kappa shape index (κ3) is 3.00. The maximum atomic E-state index is 12.4. The zero-order valence-electron chi connectivity index (χ0n) is 12.7. The molecule has 21 heavy (non-hydrogen) atoms. The number of aryl methyl sites for hydroxylation is 1. The molecule has 0 aliphatic carbocycles. The Morgan fingerprint density at radius 2 is 2.05 bits per heavy atom. The largest absolute Gasteiger partial charge is 0.332 e. The Balaban J connectivity index is 1.71. The lowest BCUT2D eigenvalue weighted by Gasteiger charge is -2.47. The summed E-state index contributed by atoms with van der Waals surface area (Å²) in [6.07, 6.45) is 7.54.